The van der Waals surface area contributed by atoms with Crippen LogP contribution in [0.25, 0.3) is 0 Å². The third kappa shape index (κ3) is 7.80. The molecule has 7 heteroatoms. The van der Waals surface area contributed by atoms with Gasteiger partial charge in [-0.1, -0.05) is 30.3 Å². The molecule has 1 fully saturated rings. The number of nitrogens with two attached hydrogens (primary N) is 1. The van der Waals surface area contributed by atoms with Crippen LogP contribution in [-0.4, -0.2) is 61.6 Å². The highest BCUT2D eigenvalue weighted by Crippen LogP contribution is 2.20. The Balaban J connectivity index is 0.00000312. The minimum absolute atomic E-state index is 0. The Morgan fingerprint density at radius 1 is 1.35 bits per heavy atom. The van der Waals surface area contributed by atoms with Crippen molar-refractivity contribution in [1.82, 2.24) is 9.80 Å². The maximum Gasteiger partial charge on any atom is 0.225 e. The van der Waals surface area contributed by atoms with Gasteiger partial charge in [0.25, 0.3) is 0 Å². The van der Waals surface area contributed by atoms with E-state index in [2.05, 4.69) is 35.2 Å². The van der Waals surface area contributed by atoms with Crippen LogP contribution in [0.1, 0.15) is 25.3 Å². The first kappa shape index (κ1) is 25.1. The number of carbonyl (C=O) groups excluding carboxylic acids is 1. The Labute approximate surface area is 170 Å². The summed E-state index contributed by atoms with van der Waals surface area (Å²) >= 11 is 0. The number of likely N-dealkylation sites (tertiary alicyclic amines) is 1. The van der Waals surface area contributed by atoms with Crippen LogP contribution in [0.4, 0.5) is 0 Å². The minimum atomic E-state index is -0.176. The molecule has 150 valence electrons. The summed E-state index contributed by atoms with van der Waals surface area (Å²) in [6.07, 6.45) is 1.35. The zero-order chi connectivity index (χ0) is 17.4. The van der Waals surface area contributed by atoms with Gasteiger partial charge in [0.2, 0.25) is 5.91 Å². The third-order valence-corrected chi connectivity index (χ3v) is 4.83. The van der Waals surface area contributed by atoms with Crippen LogP contribution in [-0.2, 0) is 16.1 Å². The van der Waals surface area contributed by atoms with Gasteiger partial charge in [-0.25, -0.2) is 0 Å². The molecule has 1 heterocycles. The molecule has 1 aliphatic heterocycles. The van der Waals surface area contributed by atoms with E-state index in [9.17, 15) is 4.79 Å². The molecule has 2 N–H and O–H groups in total. The highest BCUT2D eigenvalue weighted by molar-refractivity contribution is 5.85. The predicted molar refractivity (Wildman–Crippen MR) is 111 cm³/mol. The van der Waals surface area contributed by atoms with E-state index < -0.39 is 0 Å². The molecule has 0 spiro atoms. The standard InChI is InChI=1S/C19H31N3O2.2ClH/c1-3-22(19(23)11-18(12-20)24-2)15-17-9-10-21(14-17)13-16-7-5-4-6-8-16;;/h4-8,17-18H,3,9-15,20H2,1-2H3;2*1H. The number of hydrogen-bond donors (Lipinski definition) is 1. The van der Waals surface area contributed by atoms with E-state index in [1.807, 2.05) is 11.8 Å². The second-order valence-electron chi connectivity index (χ2n) is 6.61. The van der Waals surface area contributed by atoms with E-state index in [0.29, 0.717) is 18.9 Å². The van der Waals surface area contributed by atoms with E-state index in [0.717, 1.165) is 39.1 Å². The van der Waals surface area contributed by atoms with Crippen LogP contribution >= 0.6 is 24.8 Å². The van der Waals surface area contributed by atoms with Crippen molar-refractivity contribution in [2.45, 2.75) is 32.4 Å². The first-order valence-corrected chi connectivity index (χ1v) is 8.93. The van der Waals surface area contributed by atoms with Crippen LogP contribution in [0, 0.1) is 5.92 Å². The minimum Gasteiger partial charge on any atom is -0.380 e. The molecule has 2 atom stereocenters. The molecule has 1 aromatic rings. The Morgan fingerprint density at radius 3 is 2.62 bits per heavy atom. The molecule has 1 amide bonds. The number of ether oxygens (including phenoxy) is 1. The smallest absolute Gasteiger partial charge is 0.225 e. The van der Waals surface area contributed by atoms with Gasteiger partial charge in [0.1, 0.15) is 0 Å². The molecule has 0 aromatic heterocycles. The first-order valence-electron chi connectivity index (χ1n) is 8.93. The van der Waals surface area contributed by atoms with E-state index in [1.54, 1.807) is 7.11 Å². The summed E-state index contributed by atoms with van der Waals surface area (Å²) in [6.45, 7) is 7.16. The lowest BCUT2D eigenvalue weighted by molar-refractivity contribution is -0.134. The summed E-state index contributed by atoms with van der Waals surface area (Å²) < 4.78 is 5.24. The zero-order valence-corrected chi connectivity index (χ0v) is 17.4. The lowest BCUT2D eigenvalue weighted by atomic mass is 10.1. The average molecular weight is 406 g/mol. The monoisotopic (exact) mass is 405 g/mol. The largest absolute Gasteiger partial charge is 0.380 e. The van der Waals surface area contributed by atoms with Crippen LogP contribution in [0.5, 0.6) is 0 Å². The maximum atomic E-state index is 12.4. The molecular formula is C19H33Cl2N3O2. The predicted octanol–water partition coefficient (Wildman–Crippen LogP) is 2.56. The second kappa shape index (κ2) is 13.3. The molecule has 5 nitrogen and oxygen atoms in total. The van der Waals surface area contributed by atoms with E-state index in [-0.39, 0.29) is 36.8 Å². The van der Waals surface area contributed by atoms with Gasteiger partial charge >= 0.3 is 0 Å². The van der Waals surface area contributed by atoms with Crippen LogP contribution in [0.2, 0.25) is 0 Å². The van der Waals surface area contributed by atoms with Crippen molar-refractivity contribution in [3.05, 3.63) is 35.9 Å². The van der Waals surface area contributed by atoms with Crippen LogP contribution in [0.3, 0.4) is 0 Å². The number of methoxy groups -OCH3 is 1. The van der Waals surface area contributed by atoms with Gasteiger partial charge in [-0.15, -0.1) is 24.8 Å². The average Bonchev–Trinajstić information content (AvgIpc) is 3.05. The highest BCUT2D eigenvalue weighted by atomic mass is 35.5. The molecule has 1 saturated heterocycles. The fourth-order valence-electron chi connectivity index (χ4n) is 3.35. The molecule has 0 bridgehead atoms. The van der Waals surface area contributed by atoms with Crippen molar-refractivity contribution in [2.24, 2.45) is 11.7 Å². The number of rotatable bonds is 9. The second-order valence-corrected chi connectivity index (χ2v) is 6.61. The fourth-order valence-corrected chi connectivity index (χ4v) is 3.35. The summed E-state index contributed by atoms with van der Waals surface area (Å²) in [5.74, 6) is 0.702. The maximum absolute atomic E-state index is 12.4. The lowest BCUT2D eigenvalue weighted by Crippen LogP contribution is -2.39. The van der Waals surface area contributed by atoms with Crippen molar-refractivity contribution >= 4 is 30.7 Å². The fraction of sp³-hybridized carbons (Fsp3) is 0.632. The number of amides is 1. The van der Waals surface area contributed by atoms with Crippen molar-refractivity contribution in [3.63, 3.8) is 0 Å². The highest BCUT2D eigenvalue weighted by Gasteiger charge is 2.26. The summed E-state index contributed by atoms with van der Waals surface area (Å²) in [5.41, 5.74) is 6.98. The van der Waals surface area contributed by atoms with Gasteiger partial charge in [-0.05, 0) is 31.4 Å². The Morgan fingerprint density at radius 2 is 2.04 bits per heavy atom. The normalized spacial score (nSPS) is 17.9. The third-order valence-electron chi connectivity index (χ3n) is 4.83. The van der Waals surface area contributed by atoms with Crippen LogP contribution in [0.15, 0.2) is 30.3 Å². The molecule has 0 radical (unpaired) electrons. The quantitative estimate of drug-likeness (QED) is 0.685. The SMILES string of the molecule is CCN(CC1CCN(Cc2ccccc2)C1)C(=O)CC(CN)OC.Cl.Cl. The molecule has 2 rings (SSSR count). The number of carbonyl (C=O) groups is 1. The zero-order valence-electron chi connectivity index (χ0n) is 15.8. The topological polar surface area (TPSA) is 58.8 Å². The van der Waals surface area contributed by atoms with Gasteiger partial charge in [-0.2, -0.15) is 0 Å². The van der Waals surface area contributed by atoms with Gasteiger partial charge in [0.15, 0.2) is 0 Å². The lowest BCUT2D eigenvalue weighted by Gasteiger charge is -2.26. The van der Waals surface area contributed by atoms with Crippen molar-refractivity contribution in [2.75, 3.05) is 39.8 Å². The Hall–Kier alpha value is -0.850. The van der Waals surface area contributed by atoms with Gasteiger partial charge < -0.3 is 15.4 Å². The van der Waals surface area contributed by atoms with Gasteiger partial charge in [0, 0.05) is 39.8 Å². The molecule has 1 aliphatic rings. The Bertz CT molecular complexity index is 501. The number of hydrogen-bond acceptors (Lipinski definition) is 4. The summed E-state index contributed by atoms with van der Waals surface area (Å²) in [6, 6.07) is 10.6. The number of halogens is 2. The Kier molecular flexibility index (Phi) is 12.9. The number of benzene rings is 1. The van der Waals surface area contributed by atoms with Crippen molar-refractivity contribution < 1.29 is 9.53 Å². The van der Waals surface area contributed by atoms with E-state index >= 15 is 0 Å². The van der Waals surface area contributed by atoms with Crippen molar-refractivity contribution in [3.8, 4) is 0 Å². The van der Waals surface area contributed by atoms with E-state index in [4.69, 9.17) is 10.5 Å². The van der Waals surface area contributed by atoms with Gasteiger partial charge in [-0.3, -0.25) is 9.69 Å². The molecule has 2 unspecified atom stereocenters. The molecule has 0 aliphatic carbocycles. The number of nitrogens with zero attached hydrogens (tertiary/aromatic N) is 2. The van der Waals surface area contributed by atoms with E-state index in [1.165, 1.54) is 5.56 Å². The molecule has 26 heavy (non-hydrogen) atoms. The van der Waals surface area contributed by atoms with Gasteiger partial charge in [0.05, 0.1) is 12.5 Å². The molecular weight excluding hydrogens is 373 g/mol. The molecule has 0 saturated carbocycles. The first-order chi connectivity index (χ1) is 11.7. The summed E-state index contributed by atoms with van der Waals surface area (Å²) in [5, 5.41) is 0. The summed E-state index contributed by atoms with van der Waals surface area (Å²) in [7, 11) is 1.61. The summed E-state index contributed by atoms with van der Waals surface area (Å²) in [4.78, 5) is 16.9. The molecule has 1 aromatic carbocycles. The van der Waals surface area contributed by atoms with Crippen molar-refractivity contribution in [1.29, 1.82) is 0 Å². The van der Waals surface area contributed by atoms with Crippen LogP contribution < -0.4 is 5.73 Å².